The molecule has 0 fully saturated rings. The molecule has 0 heterocycles. The fraction of sp³-hybridized carbons (Fsp3) is 0.250. The summed E-state index contributed by atoms with van der Waals surface area (Å²) in [5.41, 5.74) is 0. The van der Waals surface area contributed by atoms with Gasteiger partial charge in [-0.3, -0.25) is 4.79 Å². The summed E-state index contributed by atoms with van der Waals surface area (Å²) in [5, 5.41) is 16.0. The van der Waals surface area contributed by atoms with Crippen molar-refractivity contribution in [2.45, 2.75) is 6.92 Å². The molecule has 98 valence electrons. The molecule has 20 heavy (non-hydrogen) atoms. The number of rotatable bonds is 3. The van der Waals surface area contributed by atoms with Crippen LogP contribution in [0.3, 0.4) is 0 Å². The van der Waals surface area contributed by atoms with E-state index in [0.717, 1.165) is 6.92 Å². The molecule has 0 aliphatic carbocycles. The molecular formula is C4H11ClNa5O9P. The van der Waals surface area contributed by atoms with Crippen molar-refractivity contribution in [2.24, 2.45) is 0 Å². The van der Waals surface area contributed by atoms with Crippen molar-refractivity contribution in [3.05, 3.63) is 0 Å². The molecule has 0 unspecified atom stereocenters. The summed E-state index contributed by atoms with van der Waals surface area (Å²) < 4.78 is 21.7. The Bertz CT molecular complexity index is 280. The predicted octanol–water partition coefficient (Wildman–Crippen LogP) is -1.77. The van der Waals surface area contributed by atoms with E-state index in [2.05, 4.69) is 13.6 Å². The zero-order valence-electron chi connectivity index (χ0n) is 7.11. The van der Waals surface area contributed by atoms with Gasteiger partial charge in [0.15, 0.2) is 0 Å². The zero-order valence-corrected chi connectivity index (χ0v) is 8.82. The fourth-order valence-electron chi connectivity index (χ4n) is 0.405. The molecule has 0 amide bonds. The molecule has 0 radical (unpaired) electrons. The van der Waals surface area contributed by atoms with Gasteiger partial charge in [-0.1, -0.05) is 0 Å². The molecule has 0 bridgehead atoms. The number of halogens is 1. The Labute approximate surface area is 231 Å². The summed E-state index contributed by atoms with van der Waals surface area (Å²) in [6, 6.07) is 0. The van der Waals surface area contributed by atoms with Crippen molar-refractivity contribution in [3.8, 4) is 0 Å². The normalized spacial score (nSPS) is 7.05. The van der Waals surface area contributed by atoms with Crippen LogP contribution in [0.15, 0.2) is 0 Å². The van der Waals surface area contributed by atoms with Crippen LogP contribution in [0, 0.1) is 0 Å². The molecule has 0 aromatic rings. The molecule has 0 saturated heterocycles. The minimum absolute atomic E-state index is 0. The molecule has 0 aromatic heterocycles. The molecule has 0 aromatic carbocycles. The Morgan fingerprint density at radius 1 is 0.800 bits per heavy atom. The van der Waals surface area contributed by atoms with Crippen LogP contribution in [-0.4, -0.2) is 176 Å². The quantitative estimate of drug-likeness (QED) is 0.427. The first-order valence-electron chi connectivity index (χ1n) is 2.90. The fourth-order valence-corrected chi connectivity index (χ4v) is 1.21. The third-order valence-electron chi connectivity index (χ3n) is 0.620. The van der Waals surface area contributed by atoms with Gasteiger partial charge < -0.3 is 23.8 Å². The Morgan fingerprint density at radius 3 is 1.20 bits per heavy atom. The Morgan fingerprint density at radius 2 is 1.05 bits per heavy atom. The summed E-state index contributed by atoms with van der Waals surface area (Å²) >= 11 is 0. The maximum atomic E-state index is 11.0. The Hall–Kier alpha value is 3.53. The van der Waals surface area contributed by atoms with Crippen molar-refractivity contribution < 1.29 is 42.7 Å². The number of carboxylic acid groups (broad SMARTS) is 2. The summed E-state index contributed by atoms with van der Waals surface area (Å²) in [4.78, 5) is 30.1. The van der Waals surface area contributed by atoms with Crippen LogP contribution in [0.4, 0.5) is 9.59 Å². The summed E-state index contributed by atoms with van der Waals surface area (Å²) in [7, 11) is -4.94. The molecule has 16 heteroatoms. The number of phosphoric ester groups is 1. The second kappa shape index (κ2) is 22.5. The number of carbonyl (C=O) groups is 3. The topological polar surface area (TPSA) is 136 Å². The van der Waals surface area contributed by atoms with Crippen LogP contribution in [-0.2, 0) is 22.9 Å². The minimum atomic E-state index is -4.94. The van der Waals surface area contributed by atoms with E-state index >= 15 is 0 Å². The van der Waals surface area contributed by atoms with Crippen molar-refractivity contribution in [2.75, 3.05) is 0 Å². The SMILES string of the molecule is CC(=O)OP(=O)(OC(=O)O)OC(=O)O.Cl.[NaH].[NaH].[NaH].[NaH].[NaH]. The molecule has 0 aliphatic heterocycles. The first-order valence-corrected chi connectivity index (χ1v) is 4.36. The van der Waals surface area contributed by atoms with Gasteiger partial charge in [0.05, 0.1) is 0 Å². The first-order chi connectivity index (χ1) is 6.25. The van der Waals surface area contributed by atoms with E-state index in [1.807, 2.05) is 0 Å². The molecule has 9 nitrogen and oxygen atoms in total. The van der Waals surface area contributed by atoms with Gasteiger partial charge in [-0.2, -0.15) is 4.57 Å². The molecule has 0 saturated carbocycles. The van der Waals surface area contributed by atoms with Gasteiger partial charge in [-0.15, -0.1) is 12.4 Å². The summed E-state index contributed by atoms with van der Waals surface area (Å²) in [6.07, 6.45) is -4.20. The molecule has 0 aliphatic rings. The van der Waals surface area contributed by atoms with Gasteiger partial charge in [0, 0.05) is 6.92 Å². The molecular weight excluding hydrogens is 373 g/mol. The van der Waals surface area contributed by atoms with Crippen LogP contribution in [0.1, 0.15) is 6.92 Å². The van der Waals surface area contributed by atoms with Crippen LogP contribution in [0.5, 0.6) is 0 Å². The standard InChI is InChI=1S/C4H5O9P.ClH.5Na.5H/c1-2(5)11-14(10,12-3(6)7)13-4(8)9;;;;;;;;;;;/h1H3,(H,6,7)(H,8,9);1H;;;;;;;;;;. The number of carbonyl (C=O) groups excluding carboxylic acids is 1. The zero-order chi connectivity index (χ0) is 11.4. The third kappa shape index (κ3) is 26.4. The van der Waals surface area contributed by atoms with E-state index in [0.29, 0.717) is 0 Å². The monoisotopic (exact) mass is 384 g/mol. The van der Waals surface area contributed by atoms with Crippen molar-refractivity contribution >= 4 is 186 Å². The number of hydrogen-bond donors (Lipinski definition) is 2. The number of hydrogen-bond acceptors (Lipinski definition) is 7. The maximum absolute atomic E-state index is 11.0. The van der Waals surface area contributed by atoms with E-state index in [-0.39, 0.29) is 160 Å². The van der Waals surface area contributed by atoms with Crippen LogP contribution in [0.25, 0.3) is 0 Å². The van der Waals surface area contributed by atoms with E-state index in [1.165, 1.54) is 0 Å². The molecule has 0 atom stereocenters. The number of phosphoric acid groups is 1. The van der Waals surface area contributed by atoms with Crippen LogP contribution < -0.4 is 0 Å². The van der Waals surface area contributed by atoms with E-state index in [1.54, 1.807) is 0 Å². The third-order valence-corrected chi connectivity index (χ3v) is 1.86. The van der Waals surface area contributed by atoms with Crippen molar-refractivity contribution in [1.82, 2.24) is 0 Å². The first kappa shape index (κ1) is 43.7. The Kier molecular flexibility index (Phi) is 49.2. The van der Waals surface area contributed by atoms with Gasteiger partial charge in [-0.25, -0.2) is 9.59 Å². The van der Waals surface area contributed by atoms with E-state index in [9.17, 15) is 18.9 Å². The molecule has 0 spiro atoms. The van der Waals surface area contributed by atoms with Crippen molar-refractivity contribution in [1.29, 1.82) is 0 Å². The Balaban J connectivity index is -0.0000000563. The van der Waals surface area contributed by atoms with Gasteiger partial charge >= 0.3 is 174 Å². The average molecular weight is 384 g/mol. The summed E-state index contributed by atoms with van der Waals surface area (Å²) in [6.45, 7) is 0.767. The van der Waals surface area contributed by atoms with Gasteiger partial charge in [-0.05, 0) is 0 Å². The van der Waals surface area contributed by atoms with Crippen LogP contribution >= 0.6 is 20.2 Å². The van der Waals surface area contributed by atoms with Gasteiger partial charge in [0.1, 0.15) is 0 Å². The summed E-state index contributed by atoms with van der Waals surface area (Å²) in [5.74, 6) is -1.21. The van der Waals surface area contributed by atoms with Gasteiger partial charge in [0.2, 0.25) is 0 Å². The van der Waals surface area contributed by atoms with E-state index in [4.69, 9.17) is 10.2 Å². The second-order valence-electron chi connectivity index (χ2n) is 1.74. The second-order valence-corrected chi connectivity index (χ2v) is 3.19. The van der Waals surface area contributed by atoms with Gasteiger partial charge in [0.25, 0.3) is 0 Å². The molecule has 0 rings (SSSR count). The van der Waals surface area contributed by atoms with Crippen molar-refractivity contribution in [3.63, 3.8) is 0 Å². The van der Waals surface area contributed by atoms with Crippen LogP contribution in [0.2, 0.25) is 0 Å². The average Bonchev–Trinajstić information content (AvgIpc) is 1.76. The molecule has 2 N–H and O–H groups in total. The van der Waals surface area contributed by atoms with E-state index < -0.39 is 26.1 Å². The predicted molar refractivity (Wildman–Crippen MR) is 80.6 cm³/mol.